The highest BCUT2D eigenvalue weighted by atomic mass is 16.4. The van der Waals surface area contributed by atoms with Gasteiger partial charge in [-0.3, -0.25) is 9.48 Å². The molecule has 0 aromatic carbocycles. The third kappa shape index (κ3) is 5.29. The predicted octanol–water partition coefficient (Wildman–Crippen LogP) is 0.619. The van der Waals surface area contributed by atoms with Crippen molar-refractivity contribution in [3.63, 3.8) is 0 Å². The molecule has 0 radical (unpaired) electrons. The van der Waals surface area contributed by atoms with E-state index in [1.165, 1.54) is 0 Å². The largest absolute Gasteiger partial charge is 0.481 e. The van der Waals surface area contributed by atoms with Gasteiger partial charge in [-0.15, -0.1) is 0 Å². The summed E-state index contributed by atoms with van der Waals surface area (Å²) >= 11 is 0. The van der Waals surface area contributed by atoms with Crippen molar-refractivity contribution in [2.45, 2.75) is 20.3 Å². The zero-order valence-corrected chi connectivity index (χ0v) is 12.1. The first kappa shape index (κ1) is 16.0. The smallest absolute Gasteiger partial charge is 0.314 e. The molecule has 7 nitrogen and oxygen atoms in total. The summed E-state index contributed by atoms with van der Waals surface area (Å²) in [7, 11) is 1.83. The maximum atomic E-state index is 11.6. The van der Waals surface area contributed by atoms with E-state index in [1.54, 1.807) is 10.9 Å². The maximum Gasteiger partial charge on any atom is 0.314 e. The van der Waals surface area contributed by atoms with Crippen molar-refractivity contribution in [1.29, 1.82) is 0 Å². The number of carbonyl (C=O) groups excluding carboxylic acids is 1. The number of nitrogens with zero attached hydrogens (tertiary/aromatic N) is 2. The number of carboxylic acid groups (broad SMARTS) is 1. The van der Waals surface area contributed by atoms with Crippen LogP contribution in [-0.2, 0) is 18.3 Å². The molecule has 7 heteroatoms. The van der Waals surface area contributed by atoms with Crippen LogP contribution in [-0.4, -0.2) is 40.0 Å². The third-order valence-corrected chi connectivity index (χ3v) is 3.06. The Balaban J connectivity index is 2.24. The van der Waals surface area contributed by atoms with Crippen molar-refractivity contribution in [2.75, 3.05) is 13.1 Å². The normalized spacial score (nSPS) is 12.2. The van der Waals surface area contributed by atoms with E-state index in [-0.39, 0.29) is 18.5 Å². The SMILES string of the molecule is CC(C)C(CNC(=O)NCCc1cnn(C)c1)C(=O)O. The van der Waals surface area contributed by atoms with Crippen LogP contribution in [0.3, 0.4) is 0 Å². The summed E-state index contributed by atoms with van der Waals surface area (Å²) < 4.78 is 1.70. The van der Waals surface area contributed by atoms with Crippen molar-refractivity contribution < 1.29 is 14.7 Å². The molecule has 1 unspecified atom stereocenters. The molecule has 0 spiro atoms. The Bertz CT molecular complexity index is 456. The first-order valence-corrected chi connectivity index (χ1v) is 6.62. The molecular weight excluding hydrogens is 260 g/mol. The van der Waals surface area contributed by atoms with E-state index >= 15 is 0 Å². The molecule has 0 aliphatic rings. The van der Waals surface area contributed by atoms with E-state index in [2.05, 4.69) is 15.7 Å². The van der Waals surface area contributed by atoms with E-state index in [0.717, 1.165) is 5.56 Å². The van der Waals surface area contributed by atoms with Crippen LogP contribution in [0.25, 0.3) is 0 Å². The number of amides is 2. The van der Waals surface area contributed by atoms with Crippen LogP contribution in [0.5, 0.6) is 0 Å². The molecule has 1 aromatic rings. The van der Waals surface area contributed by atoms with Crippen molar-refractivity contribution >= 4 is 12.0 Å². The fourth-order valence-electron chi connectivity index (χ4n) is 1.79. The highest BCUT2D eigenvalue weighted by Crippen LogP contribution is 2.09. The molecule has 2 amide bonds. The molecule has 1 heterocycles. The zero-order chi connectivity index (χ0) is 15.1. The number of carboxylic acids is 1. The Morgan fingerprint density at radius 1 is 1.40 bits per heavy atom. The van der Waals surface area contributed by atoms with Crippen LogP contribution in [0.1, 0.15) is 19.4 Å². The van der Waals surface area contributed by atoms with Gasteiger partial charge in [0.2, 0.25) is 0 Å². The first-order chi connectivity index (χ1) is 9.40. The number of hydrogen-bond acceptors (Lipinski definition) is 3. The molecule has 0 aliphatic heterocycles. The van der Waals surface area contributed by atoms with Gasteiger partial charge < -0.3 is 15.7 Å². The van der Waals surface area contributed by atoms with E-state index in [0.29, 0.717) is 13.0 Å². The Morgan fingerprint density at radius 2 is 2.10 bits per heavy atom. The summed E-state index contributed by atoms with van der Waals surface area (Å²) in [5.41, 5.74) is 1.04. The number of urea groups is 1. The van der Waals surface area contributed by atoms with Gasteiger partial charge in [-0.1, -0.05) is 13.8 Å². The third-order valence-electron chi connectivity index (χ3n) is 3.06. The van der Waals surface area contributed by atoms with Gasteiger partial charge in [0, 0.05) is 26.3 Å². The predicted molar refractivity (Wildman–Crippen MR) is 74.3 cm³/mol. The molecule has 112 valence electrons. The molecule has 1 rings (SSSR count). The maximum absolute atomic E-state index is 11.6. The number of aromatic nitrogens is 2. The minimum atomic E-state index is -0.893. The number of nitrogens with one attached hydrogen (secondary N) is 2. The Labute approximate surface area is 118 Å². The van der Waals surface area contributed by atoms with Gasteiger partial charge >= 0.3 is 12.0 Å². The molecule has 0 aliphatic carbocycles. The Hall–Kier alpha value is -2.05. The number of carbonyl (C=O) groups is 2. The van der Waals surface area contributed by atoms with Gasteiger partial charge in [0.1, 0.15) is 0 Å². The van der Waals surface area contributed by atoms with Crippen molar-refractivity contribution in [3.8, 4) is 0 Å². The molecule has 1 aromatic heterocycles. The van der Waals surface area contributed by atoms with Crippen LogP contribution < -0.4 is 10.6 Å². The summed E-state index contributed by atoms with van der Waals surface area (Å²) in [5.74, 6) is -1.49. The minimum absolute atomic E-state index is 0.0248. The quantitative estimate of drug-likeness (QED) is 0.683. The lowest BCUT2D eigenvalue weighted by Crippen LogP contribution is -2.41. The lowest BCUT2D eigenvalue weighted by Gasteiger charge is -2.16. The van der Waals surface area contributed by atoms with Gasteiger partial charge in [0.15, 0.2) is 0 Å². The average molecular weight is 282 g/mol. The van der Waals surface area contributed by atoms with Crippen molar-refractivity contribution in [1.82, 2.24) is 20.4 Å². The van der Waals surface area contributed by atoms with Gasteiger partial charge in [-0.05, 0) is 17.9 Å². The molecule has 1 atom stereocenters. The second-order valence-electron chi connectivity index (χ2n) is 5.10. The summed E-state index contributed by atoms with van der Waals surface area (Å²) in [5, 5.41) is 18.3. The molecule has 0 bridgehead atoms. The standard InChI is InChI=1S/C13H22N4O3/c1-9(2)11(12(18)19)7-15-13(20)14-5-4-10-6-16-17(3)8-10/h6,8-9,11H,4-5,7H2,1-3H3,(H,18,19)(H2,14,15,20). The van der Waals surface area contributed by atoms with Gasteiger partial charge in [-0.2, -0.15) is 5.10 Å². The number of aliphatic carboxylic acids is 1. The van der Waals surface area contributed by atoms with Crippen LogP contribution in [0, 0.1) is 11.8 Å². The topological polar surface area (TPSA) is 96.3 Å². The average Bonchev–Trinajstić information content (AvgIpc) is 2.74. The molecular formula is C13H22N4O3. The van der Waals surface area contributed by atoms with Crippen LogP contribution in [0.15, 0.2) is 12.4 Å². The molecule has 0 fully saturated rings. The summed E-state index contributed by atoms with van der Waals surface area (Å²) in [6, 6.07) is -0.346. The second kappa shape index (κ2) is 7.52. The van der Waals surface area contributed by atoms with Gasteiger partial charge in [0.05, 0.1) is 12.1 Å². The number of rotatable bonds is 7. The molecule has 0 saturated carbocycles. The minimum Gasteiger partial charge on any atom is -0.481 e. The molecule has 0 saturated heterocycles. The highest BCUT2D eigenvalue weighted by Gasteiger charge is 2.21. The Morgan fingerprint density at radius 3 is 2.60 bits per heavy atom. The van der Waals surface area contributed by atoms with Gasteiger partial charge in [-0.25, -0.2) is 4.79 Å². The van der Waals surface area contributed by atoms with Gasteiger partial charge in [0.25, 0.3) is 0 Å². The lowest BCUT2D eigenvalue weighted by molar-refractivity contribution is -0.142. The van der Waals surface area contributed by atoms with E-state index in [1.807, 2.05) is 27.1 Å². The van der Waals surface area contributed by atoms with E-state index in [9.17, 15) is 9.59 Å². The summed E-state index contributed by atoms with van der Waals surface area (Å²) in [6.07, 6.45) is 4.32. The van der Waals surface area contributed by atoms with Crippen molar-refractivity contribution in [2.24, 2.45) is 18.9 Å². The monoisotopic (exact) mass is 282 g/mol. The fourth-order valence-corrected chi connectivity index (χ4v) is 1.79. The Kier molecular flexibility index (Phi) is 6.02. The summed E-state index contributed by atoms with van der Waals surface area (Å²) in [4.78, 5) is 22.5. The van der Waals surface area contributed by atoms with E-state index in [4.69, 9.17) is 5.11 Å². The fraction of sp³-hybridized carbons (Fsp3) is 0.615. The zero-order valence-electron chi connectivity index (χ0n) is 12.1. The summed E-state index contributed by atoms with van der Waals surface area (Å²) in [6.45, 7) is 4.25. The molecule has 3 N–H and O–H groups in total. The number of hydrogen-bond donors (Lipinski definition) is 3. The van der Waals surface area contributed by atoms with E-state index < -0.39 is 11.9 Å². The van der Waals surface area contributed by atoms with Crippen LogP contribution >= 0.6 is 0 Å². The lowest BCUT2D eigenvalue weighted by atomic mass is 9.96. The second-order valence-corrected chi connectivity index (χ2v) is 5.10. The van der Waals surface area contributed by atoms with Crippen molar-refractivity contribution in [3.05, 3.63) is 18.0 Å². The number of aryl methyl sites for hydroxylation is 1. The van der Waals surface area contributed by atoms with Crippen LogP contribution in [0.2, 0.25) is 0 Å². The first-order valence-electron chi connectivity index (χ1n) is 6.62. The molecule has 20 heavy (non-hydrogen) atoms. The van der Waals surface area contributed by atoms with Crippen LogP contribution in [0.4, 0.5) is 4.79 Å². The highest BCUT2D eigenvalue weighted by molar-refractivity contribution is 5.75.